The van der Waals surface area contributed by atoms with Gasteiger partial charge in [-0.3, -0.25) is 25.0 Å². The quantitative estimate of drug-likeness (QED) is 0.335. The van der Waals surface area contributed by atoms with Crippen molar-refractivity contribution in [2.45, 2.75) is 13.5 Å². The Kier molecular flexibility index (Phi) is 5.63. The third-order valence-electron chi connectivity index (χ3n) is 4.07. The molecule has 0 unspecified atom stereocenters. The number of nitro groups is 2. The van der Waals surface area contributed by atoms with Crippen molar-refractivity contribution < 1.29 is 28.9 Å². The number of nitrogens with one attached hydrogen (secondary N) is 1. The maximum atomic E-state index is 12.3. The molecule has 0 aliphatic carbocycles. The van der Waals surface area contributed by atoms with E-state index in [1.807, 2.05) is 0 Å². The van der Waals surface area contributed by atoms with Crippen LogP contribution in [0.2, 0.25) is 0 Å². The normalized spacial score (nSPS) is 10.4. The molecule has 3 rings (SSSR count). The molecule has 0 spiro atoms. The number of amides is 1. The smallest absolute Gasteiger partial charge is 0.291 e. The van der Waals surface area contributed by atoms with Gasteiger partial charge < -0.3 is 19.6 Å². The zero-order chi connectivity index (χ0) is 21.8. The highest BCUT2D eigenvalue weighted by Crippen LogP contribution is 2.28. The van der Waals surface area contributed by atoms with Gasteiger partial charge in [0.2, 0.25) is 0 Å². The number of nitrogens with zero attached hydrogens (tertiary/aromatic N) is 2. The molecule has 0 radical (unpaired) electrons. The summed E-state index contributed by atoms with van der Waals surface area (Å²) >= 11 is 0. The predicted octanol–water partition coefficient (Wildman–Crippen LogP) is 3.94. The molecule has 11 heteroatoms. The van der Waals surface area contributed by atoms with Crippen LogP contribution in [-0.4, -0.2) is 20.9 Å². The van der Waals surface area contributed by atoms with Crippen molar-refractivity contribution in [1.82, 2.24) is 0 Å². The predicted molar refractivity (Wildman–Crippen MR) is 104 cm³/mol. The number of aromatic hydroxyl groups is 1. The molecule has 0 fully saturated rings. The number of anilines is 1. The number of rotatable bonds is 7. The van der Waals surface area contributed by atoms with E-state index in [4.69, 9.17) is 9.15 Å². The van der Waals surface area contributed by atoms with Crippen molar-refractivity contribution in [3.63, 3.8) is 0 Å². The van der Waals surface area contributed by atoms with Gasteiger partial charge in [-0.15, -0.1) is 0 Å². The largest absolute Gasteiger partial charge is 0.506 e. The lowest BCUT2D eigenvalue weighted by atomic mass is 10.2. The fraction of sp³-hybridized carbons (Fsp3) is 0.105. The van der Waals surface area contributed by atoms with Crippen LogP contribution in [0.1, 0.15) is 21.9 Å². The van der Waals surface area contributed by atoms with Gasteiger partial charge in [-0.2, -0.15) is 0 Å². The first kappa shape index (κ1) is 20.3. The summed E-state index contributed by atoms with van der Waals surface area (Å²) in [5, 5.41) is 33.7. The van der Waals surface area contributed by atoms with E-state index >= 15 is 0 Å². The lowest BCUT2D eigenvalue weighted by Gasteiger charge is -2.06. The molecule has 0 saturated heterocycles. The molecular weight excluding hydrogens is 398 g/mol. The van der Waals surface area contributed by atoms with Gasteiger partial charge in [0.05, 0.1) is 21.6 Å². The van der Waals surface area contributed by atoms with Crippen molar-refractivity contribution in [1.29, 1.82) is 0 Å². The molecule has 1 heterocycles. The number of non-ortho nitro benzene ring substituents is 1. The van der Waals surface area contributed by atoms with Crippen molar-refractivity contribution in [2.24, 2.45) is 0 Å². The molecule has 154 valence electrons. The highest BCUT2D eigenvalue weighted by atomic mass is 16.6. The Morgan fingerprint density at radius 2 is 1.87 bits per heavy atom. The SMILES string of the molecule is Cc1cc(OCc2ccc(C(=O)Nc3ccc([N+](=O)[O-])cc3O)o2)ccc1[N+](=O)[O-]. The number of hydrogen-bond acceptors (Lipinski definition) is 8. The maximum absolute atomic E-state index is 12.3. The zero-order valence-electron chi connectivity index (χ0n) is 15.5. The van der Waals surface area contributed by atoms with Crippen LogP contribution in [0.3, 0.4) is 0 Å². The summed E-state index contributed by atoms with van der Waals surface area (Å²) in [7, 11) is 0. The first-order valence-corrected chi connectivity index (χ1v) is 8.50. The van der Waals surface area contributed by atoms with E-state index in [1.54, 1.807) is 6.92 Å². The summed E-state index contributed by atoms with van der Waals surface area (Å²) in [6, 6.07) is 10.5. The molecule has 1 amide bonds. The second kappa shape index (κ2) is 8.31. The minimum absolute atomic E-state index is 0.0128. The molecule has 0 aliphatic rings. The molecular formula is C19H15N3O8. The molecule has 0 aliphatic heterocycles. The number of furan rings is 1. The number of phenols is 1. The average molecular weight is 413 g/mol. The number of nitro benzene ring substituents is 2. The van der Waals surface area contributed by atoms with Gasteiger partial charge in [-0.25, -0.2) is 0 Å². The lowest BCUT2D eigenvalue weighted by molar-refractivity contribution is -0.385. The van der Waals surface area contributed by atoms with E-state index in [9.17, 15) is 30.1 Å². The average Bonchev–Trinajstić information content (AvgIpc) is 3.16. The van der Waals surface area contributed by atoms with E-state index in [-0.39, 0.29) is 29.4 Å². The summed E-state index contributed by atoms with van der Waals surface area (Å²) in [5.74, 6) is -0.468. The Bertz CT molecular complexity index is 1140. The summed E-state index contributed by atoms with van der Waals surface area (Å²) < 4.78 is 10.9. The van der Waals surface area contributed by atoms with E-state index in [1.165, 1.54) is 36.4 Å². The Balaban J connectivity index is 1.63. The van der Waals surface area contributed by atoms with Crippen LogP contribution in [-0.2, 0) is 6.61 Å². The Morgan fingerprint density at radius 1 is 1.10 bits per heavy atom. The lowest BCUT2D eigenvalue weighted by Crippen LogP contribution is -2.11. The standard InChI is InChI=1S/C19H15N3O8/c1-11-8-13(3-6-16(11)22(27)28)29-10-14-4-7-18(30-14)19(24)20-15-5-2-12(21(25)26)9-17(15)23/h2-9,23H,10H2,1H3,(H,20,24). The van der Waals surface area contributed by atoms with Gasteiger partial charge in [0.1, 0.15) is 23.9 Å². The first-order chi connectivity index (χ1) is 14.2. The van der Waals surface area contributed by atoms with Gasteiger partial charge in [0.15, 0.2) is 5.76 Å². The second-order valence-electron chi connectivity index (χ2n) is 6.17. The number of carbonyl (C=O) groups excluding carboxylic acids is 1. The maximum Gasteiger partial charge on any atom is 0.291 e. The van der Waals surface area contributed by atoms with Crippen LogP contribution in [0.4, 0.5) is 17.1 Å². The van der Waals surface area contributed by atoms with E-state index < -0.39 is 21.5 Å². The molecule has 3 aromatic rings. The van der Waals surface area contributed by atoms with E-state index in [0.717, 1.165) is 12.1 Å². The molecule has 11 nitrogen and oxygen atoms in total. The van der Waals surface area contributed by atoms with Crippen LogP contribution >= 0.6 is 0 Å². The molecule has 0 bridgehead atoms. The fourth-order valence-electron chi connectivity index (χ4n) is 2.58. The third kappa shape index (κ3) is 4.52. The summed E-state index contributed by atoms with van der Waals surface area (Å²) in [4.78, 5) is 32.6. The van der Waals surface area contributed by atoms with E-state index in [2.05, 4.69) is 5.32 Å². The number of phenolic OH excluding ortho intramolecular Hbond substituents is 1. The van der Waals surface area contributed by atoms with Gasteiger partial charge >= 0.3 is 0 Å². The number of hydrogen-bond donors (Lipinski definition) is 2. The molecule has 0 atom stereocenters. The van der Waals surface area contributed by atoms with Crippen molar-refractivity contribution in [2.75, 3.05) is 5.32 Å². The highest BCUT2D eigenvalue weighted by molar-refractivity contribution is 6.03. The van der Waals surface area contributed by atoms with Gasteiger partial charge in [-0.05, 0) is 37.3 Å². The van der Waals surface area contributed by atoms with Gasteiger partial charge in [0, 0.05) is 17.7 Å². The molecule has 2 aromatic carbocycles. The van der Waals surface area contributed by atoms with Crippen LogP contribution in [0.25, 0.3) is 0 Å². The van der Waals surface area contributed by atoms with Gasteiger partial charge in [-0.1, -0.05) is 0 Å². The number of aryl methyl sites for hydroxylation is 1. The van der Waals surface area contributed by atoms with Crippen molar-refractivity contribution in [3.05, 3.63) is 85.8 Å². The first-order valence-electron chi connectivity index (χ1n) is 8.50. The summed E-state index contributed by atoms with van der Waals surface area (Å²) in [6.45, 7) is 1.57. The summed E-state index contributed by atoms with van der Waals surface area (Å²) in [6.07, 6.45) is 0. The highest BCUT2D eigenvalue weighted by Gasteiger charge is 2.16. The topological polar surface area (TPSA) is 158 Å². The Hall–Kier alpha value is -4.41. The summed E-state index contributed by atoms with van der Waals surface area (Å²) in [5.41, 5.74) is 0.0966. The molecule has 1 aromatic heterocycles. The van der Waals surface area contributed by atoms with Crippen LogP contribution < -0.4 is 10.1 Å². The van der Waals surface area contributed by atoms with Crippen LogP contribution in [0, 0.1) is 27.2 Å². The number of ether oxygens (including phenoxy) is 1. The number of carbonyl (C=O) groups is 1. The van der Waals surface area contributed by atoms with Crippen molar-refractivity contribution in [3.8, 4) is 11.5 Å². The van der Waals surface area contributed by atoms with Crippen LogP contribution in [0.5, 0.6) is 11.5 Å². The minimum Gasteiger partial charge on any atom is -0.506 e. The minimum atomic E-state index is -0.670. The third-order valence-corrected chi connectivity index (χ3v) is 4.07. The zero-order valence-corrected chi connectivity index (χ0v) is 15.5. The Labute approximate surface area is 168 Å². The molecule has 2 N–H and O–H groups in total. The number of benzene rings is 2. The monoisotopic (exact) mass is 413 g/mol. The Morgan fingerprint density at radius 3 is 2.50 bits per heavy atom. The fourth-order valence-corrected chi connectivity index (χ4v) is 2.58. The molecule has 30 heavy (non-hydrogen) atoms. The van der Waals surface area contributed by atoms with Gasteiger partial charge in [0.25, 0.3) is 17.3 Å². The van der Waals surface area contributed by atoms with E-state index in [0.29, 0.717) is 17.1 Å². The van der Waals surface area contributed by atoms with Crippen molar-refractivity contribution >= 4 is 23.0 Å². The second-order valence-corrected chi connectivity index (χ2v) is 6.17. The molecule has 0 saturated carbocycles. The van der Waals surface area contributed by atoms with Crippen LogP contribution in [0.15, 0.2) is 52.9 Å².